The first-order chi connectivity index (χ1) is 12.2. The van der Waals surface area contributed by atoms with Gasteiger partial charge >= 0.3 is 0 Å². The quantitative estimate of drug-likeness (QED) is 0.619. The van der Waals surface area contributed by atoms with Crippen LogP contribution in [0.2, 0.25) is 0 Å². The summed E-state index contributed by atoms with van der Waals surface area (Å²) in [6, 6.07) is 20.9. The van der Waals surface area contributed by atoms with Gasteiger partial charge in [-0.1, -0.05) is 36.4 Å². The van der Waals surface area contributed by atoms with E-state index in [1.165, 1.54) is 0 Å². The zero-order chi connectivity index (χ0) is 17.2. The SMILES string of the molecule is Cc1nn(-c2ccccc2)c2ncc(NC(=O)c3ccccc3)cc12. The molecule has 122 valence electrons. The normalized spacial score (nSPS) is 10.8. The van der Waals surface area contributed by atoms with E-state index in [2.05, 4.69) is 15.4 Å². The Morgan fingerprint density at radius 2 is 1.68 bits per heavy atom. The number of nitrogens with one attached hydrogen (secondary N) is 1. The van der Waals surface area contributed by atoms with Crippen LogP contribution in [0.3, 0.4) is 0 Å². The summed E-state index contributed by atoms with van der Waals surface area (Å²) in [7, 11) is 0. The van der Waals surface area contributed by atoms with Crippen LogP contribution in [0.1, 0.15) is 16.1 Å². The van der Waals surface area contributed by atoms with Crippen molar-refractivity contribution in [3.63, 3.8) is 0 Å². The van der Waals surface area contributed by atoms with Gasteiger partial charge in [-0.05, 0) is 37.3 Å². The Bertz CT molecular complexity index is 1040. The Labute approximate surface area is 144 Å². The topological polar surface area (TPSA) is 59.8 Å². The summed E-state index contributed by atoms with van der Waals surface area (Å²) < 4.78 is 1.81. The molecule has 1 N–H and O–H groups in total. The highest BCUT2D eigenvalue weighted by atomic mass is 16.1. The van der Waals surface area contributed by atoms with E-state index in [0.29, 0.717) is 11.3 Å². The van der Waals surface area contributed by atoms with Crippen molar-refractivity contribution < 1.29 is 4.79 Å². The molecule has 0 saturated carbocycles. The molecule has 0 unspecified atom stereocenters. The molecule has 0 spiro atoms. The zero-order valence-electron chi connectivity index (χ0n) is 13.7. The second-order valence-electron chi connectivity index (χ2n) is 5.75. The summed E-state index contributed by atoms with van der Waals surface area (Å²) in [6.45, 7) is 1.94. The lowest BCUT2D eigenvalue weighted by molar-refractivity contribution is 0.102. The van der Waals surface area contributed by atoms with Gasteiger partial charge in [0.15, 0.2) is 5.65 Å². The molecule has 4 aromatic rings. The molecule has 0 aliphatic carbocycles. The minimum Gasteiger partial charge on any atom is -0.321 e. The first-order valence-electron chi connectivity index (χ1n) is 7.99. The van der Waals surface area contributed by atoms with Gasteiger partial charge in [0.05, 0.1) is 23.3 Å². The number of rotatable bonds is 3. The second kappa shape index (κ2) is 6.20. The van der Waals surface area contributed by atoms with E-state index in [9.17, 15) is 4.79 Å². The number of hydrogen-bond donors (Lipinski definition) is 1. The fourth-order valence-corrected chi connectivity index (χ4v) is 2.75. The fourth-order valence-electron chi connectivity index (χ4n) is 2.75. The first-order valence-corrected chi connectivity index (χ1v) is 7.99. The molecule has 0 bridgehead atoms. The highest BCUT2D eigenvalue weighted by molar-refractivity contribution is 6.04. The lowest BCUT2D eigenvalue weighted by Crippen LogP contribution is -2.11. The number of fused-ring (bicyclic) bond motifs is 1. The first kappa shape index (κ1) is 15.1. The minimum absolute atomic E-state index is 0.158. The minimum atomic E-state index is -0.158. The van der Waals surface area contributed by atoms with Crippen molar-refractivity contribution in [1.29, 1.82) is 0 Å². The summed E-state index contributed by atoms with van der Waals surface area (Å²) in [5, 5.41) is 8.38. The molecule has 25 heavy (non-hydrogen) atoms. The Kier molecular flexibility index (Phi) is 3.74. The highest BCUT2D eigenvalue weighted by Gasteiger charge is 2.12. The molecule has 2 aromatic carbocycles. The van der Waals surface area contributed by atoms with Crippen molar-refractivity contribution in [2.75, 3.05) is 5.32 Å². The smallest absolute Gasteiger partial charge is 0.255 e. The lowest BCUT2D eigenvalue weighted by atomic mass is 10.2. The molecule has 4 rings (SSSR count). The monoisotopic (exact) mass is 328 g/mol. The number of pyridine rings is 1. The Morgan fingerprint density at radius 3 is 2.40 bits per heavy atom. The number of benzene rings is 2. The molecule has 5 nitrogen and oxygen atoms in total. The summed E-state index contributed by atoms with van der Waals surface area (Å²) >= 11 is 0. The largest absolute Gasteiger partial charge is 0.321 e. The summed E-state index contributed by atoms with van der Waals surface area (Å²) in [4.78, 5) is 16.8. The van der Waals surface area contributed by atoms with Crippen LogP contribution in [0.4, 0.5) is 5.69 Å². The van der Waals surface area contributed by atoms with Crippen molar-refractivity contribution in [2.45, 2.75) is 6.92 Å². The van der Waals surface area contributed by atoms with Crippen LogP contribution < -0.4 is 5.32 Å². The number of aromatic nitrogens is 3. The number of anilines is 1. The number of nitrogens with zero attached hydrogens (tertiary/aromatic N) is 3. The molecule has 2 aromatic heterocycles. The summed E-state index contributed by atoms with van der Waals surface area (Å²) in [6.07, 6.45) is 1.66. The second-order valence-corrected chi connectivity index (χ2v) is 5.75. The number of amides is 1. The fraction of sp³-hybridized carbons (Fsp3) is 0.0500. The van der Waals surface area contributed by atoms with Crippen molar-refractivity contribution >= 4 is 22.6 Å². The van der Waals surface area contributed by atoms with Crippen molar-refractivity contribution in [2.24, 2.45) is 0 Å². The number of carbonyl (C=O) groups excluding carboxylic acids is 1. The standard InChI is InChI=1S/C20H16N4O/c1-14-18-12-16(22-20(25)15-8-4-2-5-9-15)13-21-19(18)24(23-14)17-10-6-3-7-11-17/h2-13H,1H3,(H,22,25). The third-order valence-corrected chi connectivity index (χ3v) is 4.00. The Balaban J connectivity index is 1.70. The molecular weight excluding hydrogens is 312 g/mol. The predicted molar refractivity (Wildman–Crippen MR) is 98.0 cm³/mol. The molecule has 0 atom stereocenters. The van der Waals surface area contributed by atoms with E-state index in [4.69, 9.17) is 0 Å². The van der Waals surface area contributed by atoms with E-state index in [1.54, 1.807) is 18.3 Å². The van der Waals surface area contributed by atoms with Crippen LogP contribution in [0.15, 0.2) is 72.9 Å². The summed E-state index contributed by atoms with van der Waals surface area (Å²) in [5.41, 5.74) is 3.84. The van der Waals surface area contributed by atoms with Crippen LogP contribution in [0.25, 0.3) is 16.7 Å². The predicted octanol–water partition coefficient (Wildman–Crippen LogP) is 3.98. The van der Waals surface area contributed by atoms with Gasteiger partial charge in [0.25, 0.3) is 5.91 Å². The molecule has 0 aliphatic heterocycles. The lowest BCUT2D eigenvalue weighted by Gasteiger charge is -2.06. The molecule has 0 saturated heterocycles. The summed E-state index contributed by atoms with van der Waals surface area (Å²) in [5.74, 6) is -0.158. The molecule has 0 aliphatic rings. The molecular formula is C20H16N4O. The number of hydrogen-bond acceptors (Lipinski definition) is 3. The maximum absolute atomic E-state index is 12.3. The molecule has 5 heteroatoms. The van der Waals surface area contributed by atoms with Gasteiger partial charge in [-0.3, -0.25) is 4.79 Å². The number of aryl methyl sites for hydroxylation is 1. The Morgan fingerprint density at radius 1 is 1.00 bits per heavy atom. The van der Waals surface area contributed by atoms with Crippen LogP contribution in [0.5, 0.6) is 0 Å². The Hall–Kier alpha value is -3.47. The van der Waals surface area contributed by atoms with Gasteiger partial charge in [0, 0.05) is 10.9 Å². The third-order valence-electron chi connectivity index (χ3n) is 4.00. The molecule has 0 radical (unpaired) electrons. The van der Waals surface area contributed by atoms with Gasteiger partial charge in [-0.15, -0.1) is 0 Å². The van der Waals surface area contributed by atoms with Crippen molar-refractivity contribution in [3.05, 3.63) is 84.2 Å². The van der Waals surface area contributed by atoms with E-state index in [-0.39, 0.29) is 5.91 Å². The molecule has 2 heterocycles. The highest BCUT2D eigenvalue weighted by Crippen LogP contribution is 2.23. The van der Waals surface area contributed by atoms with E-state index >= 15 is 0 Å². The van der Waals surface area contributed by atoms with Gasteiger partial charge in [-0.2, -0.15) is 5.10 Å². The van der Waals surface area contributed by atoms with Gasteiger partial charge in [0.2, 0.25) is 0 Å². The number of carbonyl (C=O) groups is 1. The maximum atomic E-state index is 12.3. The van der Waals surface area contributed by atoms with Crippen LogP contribution >= 0.6 is 0 Å². The van der Waals surface area contributed by atoms with Gasteiger partial charge in [-0.25, -0.2) is 9.67 Å². The number of para-hydroxylation sites is 1. The van der Waals surface area contributed by atoms with Crippen molar-refractivity contribution in [1.82, 2.24) is 14.8 Å². The van der Waals surface area contributed by atoms with Crippen LogP contribution in [-0.4, -0.2) is 20.7 Å². The molecule has 1 amide bonds. The van der Waals surface area contributed by atoms with Crippen LogP contribution in [0, 0.1) is 6.92 Å². The average Bonchev–Trinajstić information content (AvgIpc) is 2.99. The maximum Gasteiger partial charge on any atom is 0.255 e. The van der Waals surface area contributed by atoms with E-state index in [1.807, 2.05) is 66.2 Å². The third kappa shape index (κ3) is 2.87. The van der Waals surface area contributed by atoms with E-state index in [0.717, 1.165) is 22.4 Å². The van der Waals surface area contributed by atoms with E-state index < -0.39 is 0 Å². The average molecular weight is 328 g/mol. The van der Waals surface area contributed by atoms with Crippen molar-refractivity contribution in [3.8, 4) is 5.69 Å². The van der Waals surface area contributed by atoms with Gasteiger partial charge in [0.1, 0.15) is 0 Å². The zero-order valence-corrected chi connectivity index (χ0v) is 13.7. The van der Waals surface area contributed by atoms with Gasteiger partial charge < -0.3 is 5.32 Å². The van der Waals surface area contributed by atoms with Crippen LogP contribution in [-0.2, 0) is 0 Å². The molecule has 0 fully saturated rings.